The fourth-order valence-corrected chi connectivity index (χ4v) is 1.12. The minimum Gasteiger partial charge on any atom is -1.00 e. The van der Waals surface area contributed by atoms with Crippen LogP contribution in [0, 0.1) is 12.7 Å². The normalized spacial score (nSPS) is 14.4. The van der Waals surface area contributed by atoms with Gasteiger partial charge in [0.25, 0.3) is 0 Å². The zero-order valence-electron chi connectivity index (χ0n) is 8.30. The van der Waals surface area contributed by atoms with E-state index in [9.17, 15) is 9.50 Å². The predicted molar refractivity (Wildman–Crippen MR) is 48.4 cm³/mol. The Morgan fingerprint density at radius 3 is 2.43 bits per heavy atom. The van der Waals surface area contributed by atoms with Crippen molar-refractivity contribution in [1.29, 1.82) is 0 Å². The summed E-state index contributed by atoms with van der Waals surface area (Å²) in [6, 6.07) is 4.62. The first-order valence-electron chi connectivity index (χ1n) is 4.29. The number of aryl methyl sites for hydroxylation is 1. The van der Waals surface area contributed by atoms with Gasteiger partial charge >= 0.3 is 0 Å². The number of halogens is 2. The van der Waals surface area contributed by atoms with Crippen molar-refractivity contribution in [3.63, 3.8) is 0 Å². The number of benzene rings is 1. The van der Waals surface area contributed by atoms with Gasteiger partial charge < -0.3 is 23.2 Å². The number of hydrogen-bond donors (Lipinski definition) is 2. The molecular weight excluding hydrogens is 205 g/mol. The Morgan fingerprint density at radius 1 is 1.43 bits per heavy atom. The van der Waals surface area contributed by atoms with E-state index in [2.05, 4.69) is 5.73 Å². The van der Waals surface area contributed by atoms with Crippen molar-refractivity contribution in [2.45, 2.75) is 26.0 Å². The molecule has 4 heteroatoms. The van der Waals surface area contributed by atoms with Crippen molar-refractivity contribution in [2.24, 2.45) is 0 Å². The summed E-state index contributed by atoms with van der Waals surface area (Å²) in [5.74, 6) is -0.280. The average molecular weight is 220 g/mol. The Labute approximate surface area is 89.3 Å². The minimum atomic E-state index is -0.685. The molecule has 0 aliphatic carbocycles. The van der Waals surface area contributed by atoms with Gasteiger partial charge in [-0.25, -0.2) is 4.39 Å². The summed E-state index contributed by atoms with van der Waals surface area (Å²) < 4.78 is 13.1. The van der Waals surface area contributed by atoms with E-state index in [1.54, 1.807) is 26.0 Å². The maximum Gasteiger partial charge on any atom is 0.130 e. The van der Waals surface area contributed by atoms with Crippen molar-refractivity contribution in [3.05, 3.63) is 35.1 Å². The van der Waals surface area contributed by atoms with Gasteiger partial charge in [0, 0.05) is 0 Å². The smallest absolute Gasteiger partial charge is 0.130 e. The average Bonchev–Trinajstić information content (AvgIpc) is 2.08. The maximum absolute atomic E-state index is 13.1. The van der Waals surface area contributed by atoms with Crippen LogP contribution in [0.4, 0.5) is 4.39 Å². The zero-order chi connectivity index (χ0) is 10.0. The van der Waals surface area contributed by atoms with Gasteiger partial charge in [-0.05, 0) is 31.0 Å². The van der Waals surface area contributed by atoms with Crippen LogP contribution in [0.5, 0.6) is 0 Å². The first-order valence-corrected chi connectivity index (χ1v) is 4.29. The van der Waals surface area contributed by atoms with Crippen LogP contribution in [0.2, 0.25) is 0 Å². The van der Waals surface area contributed by atoms with E-state index < -0.39 is 6.10 Å². The van der Waals surface area contributed by atoms with E-state index >= 15 is 0 Å². The third kappa shape index (κ3) is 2.94. The van der Waals surface area contributed by atoms with Gasteiger partial charge in [0.05, 0.1) is 0 Å². The summed E-state index contributed by atoms with van der Waals surface area (Å²) >= 11 is 0. The number of aliphatic hydroxyl groups is 1. The second-order valence-electron chi connectivity index (χ2n) is 3.43. The molecule has 2 unspecified atom stereocenters. The van der Waals surface area contributed by atoms with Crippen molar-refractivity contribution in [2.75, 3.05) is 0 Å². The molecule has 0 aliphatic rings. The standard InChI is InChI=1S/C10H14FNO.ClH/c1-6-3-4-8(5-9(6)11)10(13)7(2)12;/h3-5,7,10,13H,12H2,1-2H3;1H. The molecule has 0 spiro atoms. The van der Waals surface area contributed by atoms with E-state index in [-0.39, 0.29) is 24.3 Å². The highest BCUT2D eigenvalue weighted by Crippen LogP contribution is 2.17. The minimum absolute atomic E-state index is 0. The molecular formula is C10H15ClFNO. The molecule has 4 N–H and O–H groups in total. The largest absolute Gasteiger partial charge is 1.00 e. The summed E-state index contributed by atoms with van der Waals surface area (Å²) in [5, 5.41) is 9.58. The molecule has 0 fully saturated rings. The molecule has 0 heterocycles. The Hall–Kier alpha value is -0.640. The lowest BCUT2D eigenvalue weighted by Gasteiger charge is -2.12. The lowest BCUT2D eigenvalue weighted by molar-refractivity contribution is -0.433. The Morgan fingerprint density at radius 2 is 2.00 bits per heavy atom. The molecule has 0 saturated heterocycles. The van der Waals surface area contributed by atoms with E-state index in [1.807, 2.05) is 0 Å². The van der Waals surface area contributed by atoms with Crippen LogP contribution in [0.3, 0.4) is 0 Å². The molecule has 0 saturated carbocycles. The molecule has 2 atom stereocenters. The number of quaternary nitrogens is 1. The highest BCUT2D eigenvalue weighted by molar-refractivity contribution is 5.25. The number of hydrogen-bond acceptors (Lipinski definition) is 1. The molecule has 0 aliphatic heterocycles. The lowest BCUT2D eigenvalue weighted by Crippen LogP contribution is -3.00. The molecule has 1 aromatic rings. The third-order valence-corrected chi connectivity index (χ3v) is 2.08. The molecule has 1 aromatic carbocycles. The fourth-order valence-electron chi connectivity index (χ4n) is 1.12. The van der Waals surface area contributed by atoms with Gasteiger partial charge in [0.1, 0.15) is 18.0 Å². The molecule has 0 amide bonds. The van der Waals surface area contributed by atoms with Crippen molar-refractivity contribution < 1.29 is 27.6 Å². The van der Waals surface area contributed by atoms with E-state index in [0.29, 0.717) is 11.1 Å². The molecule has 0 aromatic heterocycles. The summed E-state index contributed by atoms with van der Waals surface area (Å²) in [7, 11) is 0. The highest BCUT2D eigenvalue weighted by Gasteiger charge is 2.15. The first kappa shape index (κ1) is 13.4. The summed E-state index contributed by atoms with van der Waals surface area (Å²) in [6.45, 7) is 3.49. The fraction of sp³-hybridized carbons (Fsp3) is 0.400. The second kappa shape index (κ2) is 5.29. The van der Waals surface area contributed by atoms with Crippen molar-refractivity contribution in [3.8, 4) is 0 Å². The van der Waals surface area contributed by atoms with Gasteiger partial charge in [-0.2, -0.15) is 0 Å². The topological polar surface area (TPSA) is 47.9 Å². The highest BCUT2D eigenvalue weighted by atomic mass is 35.5. The van der Waals surface area contributed by atoms with E-state index in [4.69, 9.17) is 0 Å². The molecule has 1 rings (SSSR count). The molecule has 14 heavy (non-hydrogen) atoms. The van der Waals surface area contributed by atoms with Crippen molar-refractivity contribution >= 4 is 0 Å². The van der Waals surface area contributed by atoms with Crippen LogP contribution >= 0.6 is 0 Å². The van der Waals surface area contributed by atoms with E-state index in [0.717, 1.165) is 0 Å². The van der Waals surface area contributed by atoms with Crippen LogP contribution in [0.1, 0.15) is 24.2 Å². The molecule has 0 radical (unpaired) electrons. The summed E-state index contributed by atoms with van der Waals surface area (Å²) in [4.78, 5) is 0. The van der Waals surface area contributed by atoms with Gasteiger partial charge in [-0.1, -0.05) is 12.1 Å². The maximum atomic E-state index is 13.1. The van der Waals surface area contributed by atoms with Crippen molar-refractivity contribution in [1.82, 2.24) is 0 Å². The molecule has 0 bridgehead atoms. The van der Waals surface area contributed by atoms with Crippen LogP contribution in [0.15, 0.2) is 18.2 Å². The van der Waals surface area contributed by atoms with Crippen LogP contribution in [-0.4, -0.2) is 11.1 Å². The summed E-state index contributed by atoms with van der Waals surface area (Å²) in [6.07, 6.45) is -0.685. The van der Waals surface area contributed by atoms with Gasteiger partial charge in [-0.3, -0.25) is 0 Å². The molecule has 80 valence electrons. The number of aliphatic hydroxyl groups excluding tert-OH is 1. The third-order valence-electron chi connectivity index (χ3n) is 2.08. The Balaban J connectivity index is 0.00000169. The lowest BCUT2D eigenvalue weighted by atomic mass is 10.0. The van der Waals surface area contributed by atoms with Gasteiger partial charge in [0.2, 0.25) is 0 Å². The summed E-state index contributed by atoms with van der Waals surface area (Å²) in [5.41, 5.74) is 4.87. The SMILES string of the molecule is Cc1ccc(C(O)C(C)[NH3+])cc1F.[Cl-]. The van der Waals surface area contributed by atoms with Gasteiger partial charge in [0.15, 0.2) is 0 Å². The Bertz CT molecular complexity index is 304. The predicted octanol–water partition coefficient (Wildman–Crippen LogP) is -2.20. The van der Waals surface area contributed by atoms with Crippen LogP contribution in [-0.2, 0) is 0 Å². The van der Waals surface area contributed by atoms with Gasteiger partial charge in [-0.15, -0.1) is 0 Å². The monoisotopic (exact) mass is 219 g/mol. The number of rotatable bonds is 2. The van der Waals surface area contributed by atoms with Crippen LogP contribution in [0.25, 0.3) is 0 Å². The second-order valence-corrected chi connectivity index (χ2v) is 3.43. The first-order chi connectivity index (χ1) is 6.02. The van der Waals surface area contributed by atoms with Crippen LogP contribution < -0.4 is 18.1 Å². The zero-order valence-corrected chi connectivity index (χ0v) is 9.05. The van der Waals surface area contributed by atoms with E-state index in [1.165, 1.54) is 6.07 Å². The Kier molecular flexibility index (Phi) is 5.05. The molecule has 2 nitrogen and oxygen atoms in total. The quantitative estimate of drug-likeness (QED) is 0.583.